The molecule has 0 bridgehead atoms. The average Bonchev–Trinajstić information content (AvgIpc) is 2.83. The summed E-state index contributed by atoms with van der Waals surface area (Å²) in [6.07, 6.45) is 2.18. The summed E-state index contributed by atoms with van der Waals surface area (Å²) in [5.41, 5.74) is 5.71. The zero-order chi connectivity index (χ0) is 13.7. The molecule has 0 spiro atoms. The zero-order valence-corrected chi connectivity index (χ0v) is 11.6. The van der Waals surface area contributed by atoms with E-state index in [1.165, 1.54) is 0 Å². The third kappa shape index (κ3) is 3.98. The first-order chi connectivity index (χ1) is 8.45. The second-order valence-electron chi connectivity index (χ2n) is 5.39. The molecular weight excluding hydrogens is 230 g/mol. The van der Waals surface area contributed by atoms with Crippen LogP contribution in [0.4, 0.5) is 0 Å². The Labute approximate surface area is 109 Å². The van der Waals surface area contributed by atoms with Gasteiger partial charge in [0.05, 0.1) is 12.6 Å². The molecule has 18 heavy (non-hydrogen) atoms. The average molecular weight is 255 g/mol. The number of carbonyl (C=O) groups excluding carboxylic acids is 2. The van der Waals surface area contributed by atoms with Gasteiger partial charge in [0, 0.05) is 13.1 Å². The topological polar surface area (TPSA) is 75.4 Å². The Kier molecular flexibility index (Phi) is 5.59. The first-order valence-electron chi connectivity index (χ1n) is 6.76. The minimum atomic E-state index is -0.542. The first-order valence-corrected chi connectivity index (χ1v) is 6.76. The van der Waals surface area contributed by atoms with Gasteiger partial charge in [-0.3, -0.25) is 9.59 Å². The van der Waals surface area contributed by atoms with Crippen LogP contribution < -0.4 is 11.1 Å². The summed E-state index contributed by atoms with van der Waals surface area (Å²) in [7, 11) is 0. The van der Waals surface area contributed by atoms with Gasteiger partial charge < -0.3 is 16.0 Å². The van der Waals surface area contributed by atoms with E-state index < -0.39 is 6.04 Å². The summed E-state index contributed by atoms with van der Waals surface area (Å²) < 4.78 is 0. The fourth-order valence-electron chi connectivity index (χ4n) is 2.09. The molecule has 1 fully saturated rings. The van der Waals surface area contributed by atoms with Crippen LogP contribution >= 0.6 is 0 Å². The lowest BCUT2D eigenvalue weighted by Crippen LogP contribution is -2.47. The number of carbonyl (C=O) groups is 2. The molecule has 0 radical (unpaired) electrons. The summed E-state index contributed by atoms with van der Waals surface area (Å²) >= 11 is 0. The van der Waals surface area contributed by atoms with Crippen molar-refractivity contribution in [3.63, 3.8) is 0 Å². The van der Waals surface area contributed by atoms with Gasteiger partial charge in [-0.25, -0.2) is 0 Å². The molecule has 2 amide bonds. The molecule has 1 aliphatic heterocycles. The maximum Gasteiger partial charge on any atom is 0.241 e. The molecule has 0 aliphatic carbocycles. The molecule has 0 aromatic heterocycles. The van der Waals surface area contributed by atoms with Crippen LogP contribution in [0.15, 0.2) is 0 Å². The number of nitrogens with one attached hydrogen (secondary N) is 1. The molecule has 5 nitrogen and oxygen atoms in total. The highest BCUT2D eigenvalue weighted by Crippen LogP contribution is 2.18. The molecule has 104 valence electrons. The van der Waals surface area contributed by atoms with Crippen molar-refractivity contribution >= 4 is 11.8 Å². The van der Waals surface area contributed by atoms with Crippen LogP contribution in [-0.4, -0.2) is 42.4 Å². The van der Waals surface area contributed by atoms with Gasteiger partial charge in [-0.2, -0.15) is 0 Å². The Hall–Kier alpha value is -1.10. The number of likely N-dealkylation sites (tertiary alicyclic amines) is 1. The van der Waals surface area contributed by atoms with Crippen molar-refractivity contribution < 1.29 is 9.59 Å². The van der Waals surface area contributed by atoms with Crippen molar-refractivity contribution in [3.8, 4) is 0 Å². The lowest BCUT2D eigenvalue weighted by Gasteiger charge is -2.19. The van der Waals surface area contributed by atoms with Gasteiger partial charge in [0.25, 0.3) is 0 Å². The van der Waals surface area contributed by atoms with E-state index in [1.807, 2.05) is 18.7 Å². The van der Waals surface area contributed by atoms with Gasteiger partial charge in [0.15, 0.2) is 0 Å². The van der Waals surface area contributed by atoms with E-state index in [2.05, 4.69) is 12.2 Å². The summed E-state index contributed by atoms with van der Waals surface area (Å²) in [5, 5.41) is 2.62. The van der Waals surface area contributed by atoms with Crippen molar-refractivity contribution in [2.75, 3.05) is 19.6 Å². The molecule has 1 unspecified atom stereocenters. The van der Waals surface area contributed by atoms with E-state index in [1.54, 1.807) is 0 Å². The first kappa shape index (κ1) is 15.0. The minimum absolute atomic E-state index is 0.00439. The normalized spacial score (nSPS) is 21.2. The second kappa shape index (κ2) is 6.73. The van der Waals surface area contributed by atoms with Crippen LogP contribution in [0.3, 0.4) is 0 Å². The lowest BCUT2D eigenvalue weighted by atomic mass is 10.1. The fourth-order valence-corrected chi connectivity index (χ4v) is 2.09. The Morgan fingerprint density at radius 2 is 2.11 bits per heavy atom. The van der Waals surface area contributed by atoms with Crippen molar-refractivity contribution in [3.05, 3.63) is 0 Å². The third-order valence-electron chi connectivity index (χ3n) is 3.65. The summed E-state index contributed by atoms with van der Waals surface area (Å²) in [6, 6.07) is -0.542. The smallest absolute Gasteiger partial charge is 0.241 e. The maximum absolute atomic E-state index is 11.9. The summed E-state index contributed by atoms with van der Waals surface area (Å²) in [4.78, 5) is 25.3. The van der Waals surface area contributed by atoms with Gasteiger partial charge >= 0.3 is 0 Å². The van der Waals surface area contributed by atoms with E-state index in [0.717, 1.165) is 25.9 Å². The monoisotopic (exact) mass is 255 g/mol. The SMILES string of the molecule is CCC1CCN(C(=O)CNC(=O)[C@@H](N)C(C)C)C1. The molecule has 0 aromatic rings. The van der Waals surface area contributed by atoms with E-state index in [4.69, 9.17) is 5.73 Å². The van der Waals surface area contributed by atoms with Gasteiger partial charge in [-0.15, -0.1) is 0 Å². The molecule has 0 saturated carbocycles. The Morgan fingerprint density at radius 3 is 2.61 bits per heavy atom. The van der Waals surface area contributed by atoms with E-state index in [-0.39, 0.29) is 24.3 Å². The fraction of sp³-hybridized carbons (Fsp3) is 0.846. The number of nitrogens with two attached hydrogens (primary N) is 1. The van der Waals surface area contributed by atoms with Crippen molar-refractivity contribution in [2.24, 2.45) is 17.6 Å². The van der Waals surface area contributed by atoms with Crippen molar-refractivity contribution in [1.82, 2.24) is 10.2 Å². The van der Waals surface area contributed by atoms with Crippen LogP contribution in [0.5, 0.6) is 0 Å². The predicted molar refractivity (Wildman–Crippen MR) is 70.8 cm³/mol. The Balaban J connectivity index is 2.31. The van der Waals surface area contributed by atoms with Crippen LogP contribution in [0.25, 0.3) is 0 Å². The number of nitrogens with zero attached hydrogens (tertiary/aromatic N) is 1. The highest BCUT2D eigenvalue weighted by Gasteiger charge is 2.25. The molecule has 1 aliphatic rings. The number of hydrogen-bond acceptors (Lipinski definition) is 3. The number of amides is 2. The van der Waals surface area contributed by atoms with Gasteiger partial charge in [-0.1, -0.05) is 27.2 Å². The van der Waals surface area contributed by atoms with E-state index >= 15 is 0 Å². The van der Waals surface area contributed by atoms with Crippen molar-refractivity contribution in [1.29, 1.82) is 0 Å². The van der Waals surface area contributed by atoms with Gasteiger partial charge in [0.1, 0.15) is 0 Å². The molecule has 1 rings (SSSR count). The van der Waals surface area contributed by atoms with Crippen LogP contribution in [0.2, 0.25) is 0 Å². The zero-order valence-electron chi connectivity index (χ0n) is 11.6. The predicted octanol–water partition coefficient (Wildman–Crippen LogP) is 0.344. The van der Waals surface area contributed by atoms with Crippen LogP contribution in [-0.2, 0) is 9.59 Å². The summed E-state index contributed by atoms with van der Waals surface area (Å²) in [5.74, 6) is 0.443. The molecule has 0 aromatic carbocycles. The largest absolute Gasteiger partial charge is 0.346 e. The maximum atomic E-state index is 11.9. The van der Waals surface area contributed by atoms with E-state index in [0.29, 0.717) is 5.92 Å². The molecule has 3 N–H and O–H groups in total. The lowest BCUT2D eigenvalue weighted by molar-refractivity contribution is -0.132. The molecule has 1 saturated heterocycles. The van der Waals surface area contributed by atoms with Gasteiger partial charge in [0.2, 0.25) is 11.8 Å². The number of hydrogen-bond donors (Lipinski definition) is 2. The Bertz CT molecular complexity index is 305. The molecule has 2 atom stereocenters. The van der Waals surface area contributed by atoms with Gasteiger partial charge in [-0.05, 0) is 18.3 Å². The number of rotatable bonds is 5. The summed E-state index contributed by atoms with van der Waals surface area (Å²) in [6.45, 7) is 7.61. The third-order valence-corrected chi connectivity index (χ3v) is 3.65. The second-order valence-corrected chi connectivity index (χ2v) is 5.39. The Morgan fingerprint density at radius 1 is 1.44 bits per heavy atom. The van der Waals surface area contributed by atoms with Crippen LogP contribution in [0.1, 0.15) is 33.6 Å². The standard InChI is InChI=1S/C13H25N3O2/c1-4-10-5-6-16(8-10)11(17)7-15-13(18)12(14)9(2)3/h9-10,12H,4-8,14H2,1-3H3,(H,15,18)/t10?,12-/m0/s1. The molecule has 5 heteroatoms. The highest BCUT2D eigenvalue weighted by atomic mass is 16.2. The minimum Gasteiger partial charge on any atom is -0.346 e. The van der Waals surface area contributed by atoms with Crippen molar-refractivity contribution in [2.45, 2.75) is 39.7 Å². The highest BCUT2D eigenvalue weighted by molar-refractivity contribution is 5.87. The van der Waals surface area contributed by atoms with E-state index in [9.17, 15) is 9.59 Å². The molecule has 1 heterocycles. The molecular formula is C13H25N3O2. The quantitative estimate of drug-likeness (QED) is 0.744. The van der Waals surface area contributed by atoms with Crippen LogP contribution in [0, 0.1) is 11.8 Å².